The summed E-state index contributed by atoms with van der Waals surface area (Å²) < 4.78 is 5.97. The molecule has 0 aliphatic carbocycles. The van der Waals surface area contributed by atoms with Crippen molar-refractivity contribution in [3.05, 3.63) is 72.9 Å². The third-order valence-corrected chi connectivity index (χ3v) is 8.95. The molecule has 2 unspecified atom stereocenters. The summed E-state index contributed by atoms with van der Waals surface area (Å²) in [7, 11) is 0. The van der Waals surface area contributed by atoms with E-state index in [4.69, 9.17) is 14.9 Å². The summed E-state index contributed by atoms with van der Waals surface area (Å²) in [6, 6.07) is -1.39. The first-order valence-corrected chi connectivity index (χ1v) is 21.3. The second-order valence-electron chi connectivity index (χ2n) is 14.0. The molecule has 0 aromatic rings. The zero-order valence-electron chi connectivity index (χ0n) is 34.4. The molecule has 0 saturated carbocycles. The molecule has 0 spiro atoms. The minimum Gasteiger partial charge on any atom is -0.480 e. The molecule has 0 saturated heterocycles. The molecule has 0 radical (unpaired) electrons. The van der Waals surface area contributed by atoms with Crippen LogP contribution in [0.1, 0.15) is 168 Å². The summed E-state index contributed by atoms with van der Waals surface area (Å²) in [6.07, 6.45) is 49.2. The first kappa shape index (κ1) is 51.3. The van der Waals surface area contributed by atoms with E-state index in [0.717, 1.165) is 103 Å². The number of rotatable bonds is 37. The lowest BCUT2D eigenvalue weighted by atomic mass is 10.0. The maximum Gasteiger partial charge on any atom is 0.328 e. The lowest BCUT2D eigenvalue weighted by Gasteiger charge is -2.17. The van der Waals surface area contributed by atoms with Crippen molar-refractivity contribution in [2.75, 3.05) is 13.2 Å². The van der Waals surface area contributed by atoms with Gasteiger partial charge >= 0.3 is 11.9 Å². The maximum absolute atomic E-state index is 12.8. The Morgan fingerprint density at radius 3 is 1.65 bits per heavy atom. The van der Waals surface area contributed by atoms with Crippen molar-refractivity contribution < 1.29 is 34.1 Å². The van der Waals surface area contributed by atoms with Gasteiger partial charge in [0.25, 0.3) is 0 Å². The summed E-state index contributed by atoms with van der Waals surface area (Å²) in [6.45, 7) is 3.30. The molecule has 0 bridgehead atoms. The second-order valence-corrected chi connectivity index (χ2v) is 14.0. The van der Waals surface area contributed by atoms with E-state index in [-0.39, 0.29) is 30.9 Å². The Morgan fingerprint density at radius 2 is 1.07 bits per heavy atom. The van der Waals surface area contributed by atoms with Gasteiger partial charge in [0.1, 0.15) is 12.1 Å². The van der Waals surface area contributed by atoms with E-state index in [2.05, 4.69) is 97.4 Å². The number of allylic oxidation sites excluding steroid dienone is 12. The number of unbranched alkanes of at least 4 members (excludes halogenated alkanes) is 11. The number of carbonyl (C=O) groups is 4. The van der Waals surface area contributed by atoms with Crippen LogP contribution in [0.3, 0.4) is 0 Å². The molecule has 2 atom stereocenters. The van der Waals surface area contributed by atoms with Crippen molar-refractivity contribution in [2.24, 2.45) is 0 Å². The van der Waals surface area contributed by atoms with Gasteiger partial charge in [0.2, 0.25) is 11.8 Å². The maximum atomic E-state index is 12.8. The number of aliphatic hydroxyl groups excluding tert-OH is 1. The van der Waals surface area contributed by atoms with Gasteiger partial charge in [0, 0.05) is 12.8 Å². The summed E-state index contributed by atoms with van der Waals surface area (Å²) in [5, 5.41) is 22.5. The number of aliphatic carboxylic acids is 1. The average molecular weight is 769 g/mol. The van der Waals surface area contributed by atoms with E-state index in [9.17, 15) is 19.2 Å². The molecule has 0 aromatic carbocycles. The van der Waals surface area contributed by atoms with Gasteiger partial charge in [-0.2, -0.15) is 0 Å². The van der Waals surface area contributed by atoms with Crippen LogP contribution in [-0.2, 0) is 23.9 Å². The van der Waals surface area contributed by atoms with Gasteiger partial charge in [-0.15, -0.1) is 0 Å². The largest absolute Gasteiger partial charge is 0.480 e. The Morgan fingerprint density at radius 1 is 0.564 bits per heavy atom. The first-order chi connectivity index (χ1) is 26.8. The molecule has 55 heavy (non-hydrogen) atoms. The molecule has 0 aliphatic heterocycles. The monoisotopic (exact) mass is 769 g/mol. The molecular formula is C46H76N2O7. The number of carbonyl (C=O) groups excluding carboxylic acids is 3. The van der Waals surface area contributed by atoms with Crippen molar-refractivity contribution in [2.45, 2.75) is 180 Å². The number of hydrogen-bond donors (Lipinski definition) is 4. The predicted octanol–water partition coefficient (Wildman–Crippen LogP) is 10.3. The predicted molar refractivity (Wildman–Crippen MR) is 227 cm³/mol. The molecule has 9 heteroatoms. The molecule has 0 aliphatic rings. The molecule has 0 fully saturated rings. The highest BCUT2D eigenvalue weighted by molar-refractivity contribution is 5.87. The van der Waals surface area contributed by atoms with Crippen LogP contribution in [-0.4, -0.2) is 59.3 Å². The van der Waals surface area contributed by atoms with E-state index in [1.807, 2.05) is 0 Å². The van der Waals surface area contributed by atoms with Crippen LogP contribution >= 0.6 is 0 Å². The zero-order chi connectivity index (χ0) is 40.5. The molecule has 0 rings (SSSR count). The van der Waals surface area contributed by atoms with E-state index in [1.165, 1.54) is 32.1 Å². The normalized spacial score (nSPS) is 13.2. The fraction of sp³-hybridized carbons (Fsp3) is 0.652. The summed E-state index contributed by atoms with van der Waals surface area (Å²) in [5.74, 6) is -2.38. The van der Waals surface area contributed by atoms with E-state index >= 15 is 0 Å². The topological polar surface area (TPSA) is 142 Å². The van der Waals surface area contributed by atoms with Gasteiger partial charge in [0.05, 0.1) is 13.2 Å². The van der Waals surface area contributed by atoms with Gasteiger partial charge in [0.15, 0.2) is 0 Å². The Balaban J connectivity index is 4.48. The van der Waals surface area contributed by atoms with Crippen LogP contribution in [0.5, 0.6) is 0 Å². The lowest BCUT2D eigenvalue weighted by molar-refractivity contribution is -0.150. The summed E-state index contributed by atoms with van der Waals surface area (Å²) in [5.41, 5.74) is 0. The highest BCUT2D eigenvalue weighted by Crippen LogP contribution is 2.17. The number of aliphatic hydroxyl groups is 1. The number of carboxylic acid groups (broad SMARTS) is 1. The summed E-state index contributed by atoms with van der Waals surface area (Å²) in [4.78, 5) is 47.5. The van der Waals surface area contributed by atoms with Gasteiger partial charge in [-0.3, -0.25) is 14.4 Å². The fourth-order valence-electron chi connectivity index (χ4n) is 5.66. The third kappa shape index (κ3) is 37.0. The smallest absolute Gasteiger partial charge is 0.328 e. The fourth-order valence-corrected chi connectivity index (χ4v) is 5.66. The molecule has 0 aromatic heterocycles. The number of carboxylic acids is 1. The Kier molecular flexibility index (Phi) is 37.3. The quantitative estimate of drug-likeness (QED) is 0.0280. The number of ether oxygens (including phenoxy) is 1. The number of hydrogen-bond acceptors (Lipinski definition) is 6. The Labute approximate surface area is 333 Å². The molecule has 9 nitrogen and oxygen atoms in total. The number of amides is 2. The van der Waals surface area contributed by atoms with E-state index < -0.39 is 24.5 Å². The minimum atomic E-state index is -1.39. The standard InChI is InChI=1S/C46H76N2O7/c1-3-5-7-9-11-13-15-17-19-21-23-25-30-34-38-45(52)55-41(35-31-27-24-22-20-18-16-14-12-10-8-6-4-2)36-32-28-26-29-33-37-43(50)47-39-44(51)48-42(40-49)46(53)54/h6,8-9,11-12,14-15,17-18,20,24,27,41-42,49H,3-5,7,10,13,16,19,21-23,25-26,28-40H2,1-2H3,(H,47,50)(H,48,51)(H,53,54)/b8-6-,11-9-,14-12-,17-15-,20-18-,27-24-. The molecule has 0 heterocycles. The SMILES string of the molecule is CC/C=C\C/C=C\C/C=C\C/C=C\CCC(CCCCCCCC(=O)NCC(=O)NC(CO)C(=O)O)OC(=O)CCCCCCC/C=C\C/C=C\CCCC. The van der Waals surface area contributed by atoms with Crippen molar-refractivity contribution in [3.63, 3.8) is 0 Å². The lowest BCUT2D eigenvalue weighted by Crippen LogP contribution is -2.47. The van der Waals surface area contributed by atoms with Gasteiger partial charge in [-0.05, 0) is 89.9 Å². The van der Waals surface area contributed by atoms with Crippen LogP contribution in [0, 0.1) is 0 Å². The molecule has 4 N–H and O–H groups in total. The number of esters is 1. The zero-order valence-corrected chi connectivity index (χ0v) is 34.4. The third-order valence-electron chi connectivity index (χ3n) is 8.95. The van der Waals surface area contributed by atoms with E-state index in [0.29, 0.717) is 12.8 Å². The molecular weight excluding hydrogens is 693 g/mol. The highest BCUT2D eigenvalue weighted by atomic mass is 16.5. The van der Waals surface area contributed by atoms with Crippen LogP contribution in [0.25, 0.3) is 0 Å². The summed E-state index contributed by atoms with van der Waals surface area (Å²) >= 11 is 0. The van der Waals surface area contributed by atoms with E-state index in [1.54, 1.807) is 0 Å². The Hall–Kier alpha value is -3.72. The molecule has 312 valence electrons. The molecule has 2 amide bonds. The minimum absolute atomic E-state index is 0.0976. The van der Waals surface area contributed by atoms with Crippen molar-refractivity contribution in [1.29, 1.82) is 0 Å². The van der Waals surface area contributed by atoms with Crippen molar-refractivity contribution in [3.8, 4) is 0 Å². The Bertz CT molecular complexity index is 1150. The highest BCUT2D eigenvalue weighted by Gasteiger charge is 2.19. The van der Waals surface area contributed by atoms with Gasteiger partial charge in [-0.25, -0.2) is 4.79 Å². The van der Waals surface area contributed by atoms with Crippen LogP contribution in [0.2, 0.25) is 0 Å². The van der Waals surface area contributed by atoms with Gasteiger partial charge in [-0.1, -0.05) is 138 Å². The van der Waals surface area contributed by atoms with Crippen LogP contribution < -0.4 is 10.6 Å². The van der Waals surface area contributed by atoms with Gasteiger partial charge < -0.3 is 25.6 Å². The van der Waals surface area contributed by atoms with Crippen LogP contribution in [0.15, 0.2) is 72.9 Å². The average Bonchev–Trinajstić information content (AvgIpc) is 3.17. The second kappa shape index (κ2) is 40.0. The van der Waals surface area contributed by atoms with Crippen LogP contribution in [0.4, 0.5) is 0 Å². The first-order valence-electron chi connectivity index (χ1n) is 21.3. The number of nitrogens with one attached hydrogen (secondary N) is 2. The van der Waals surface area contributed by atoms with Crippen molar-refractivity contribution >= 4 is 23.8 Å². The van der Waals surface area contributed by atoms with Crippen molar-refractivity contribution in [1.82, 2.24) is 10.6 Å².